The molecule has 5 nitrogen and oxygen atoms in total. The first kappa shape index (κ1) is 22.3. The van der Waals surface area contributed by atoms with E-state index in [9.17, 15) is 10.2 Å². The van der Waals surface area contributed by atoms with Gasteiger partial charge < -0.3 is 25.6 Å². The van der Waals surface area contributed by atoms with Crippen LogP contribution in [0.5, 0.6) is 11.5 Å². The number of aryl methyl sites for hydroxylation is 1. The van der Waals surface area contributed by atoms with Crippen molar-refractivity contribution in [3.63, 3.8) is 0 Å². The molecule has 0 saturated carbocycles. The molecule has 154 valence electrons. The third-order valence-electron chi connectivity index (χ3n) is 5.28. The van der Waals surface area contributed by atoms with Crippen molar-refractivity contribution in [3.05, 3.63) is 53.6 Å². The third-order valence-corrected chi connectivity index (χ3v) is 5.28. The fraction of sp³-hybridized carbons (Fsp3) is 0.455. The van der Waals surface area contributed by atoms with E-state index in [2.05, 4.69) is 22.8 Å². The Bertz CT molecular complexity index is 756. The smallest absolute Gasteiger partial charge is 0.138 e. The van der Waals surface area contributed by atoms with E-state index in [-0.39, 0.29) is 24.2 Å². The molecular formula is C22H31ClN2O3. The van der Waals surface area contributed by atoms with Crippen LogP contribution >= 0.6 is 12.4 Å². The molecule has 0 aliphatic carbocycles. The highest BCUT2D eigenvalue weighted by Crippen LogP contribution is 2.31. The third kappa shape index (κ3) is 5.53. The van der Waals surface area contributed by atoms with Gasteiger partial charge in [0, 0.05) is 19.1 Å². The first-order valence-corrected chi connectivity index (χ1v) is 9.77. The van der Waals surface area contributed by atoms with E-state index in [1.165, 1.54) is 5.56 Å². The number of nitrogens with one attached hydrogen (secondary N) is 2. The van der Waals surface area contributed by atoms with Crippen LogP contribution < -0.4 is 15.4 Å². The van der Waals surface area contributed by atoms with E-state index in [1.807, 2.05) is 25.1 Å². The van der Waals surface area contributed by atoms with Gasteiger partial charge in [-0.3, -0.25) is 0 Å². The summed E-state index contributed by atoms with van der Waals surface area (Å²) in [5, 5.41) is 27.1. The Labute approximate surface area is 173 Å². The summed E-state index contributed by atoms with van der Waals surface area (Å²) in [6.07, 6.45) is 3.45. The number of rotatable bonds is 8. The second-order valence-electron chi connectivity index (χ2n) is 7.14. The van der Waals surface area contributed by atoms with Crippen molar-refractivity contribution in [1.82, 2.24) is 5.32 Å². The zero-order valence-electron chi connectivity index (χ0n) is 16.5. The van der Waals surface area contributed by atoms with Gasteiger partial charge in [0.2, 0.25) is 0 Å². The molecule has 2 aromatic carbocycles. The highest BCUT2D eigenvalue weighted by Gasteiger charge is 2.30. The van der Waals surface area contributed by atoms with Crippen molar-refractivity contribution in [2.45, 2.75) is 50.8 Å². The molecule has 3 rings (SSSR count). The zero-order valence-corrected chi connectivity index (χ0v) is 17.3. The lowest BCUT2D eigenvalue weighted by Crippen LogP contribution is -2.34. The average molecular weight is 407 g/mol. The zero-order chi connectivity index (χ0) is 19.2. The van der Waals surface area contributed by atoms with Gasteiger partial charge >= 0.3 is 0 Å². The molecule has 1 heterocycles. The van der Waals surface area contributed by atoms with Gasteiger partial charge in [0.25, 0.3) is 0 Å². The van der Waals surface area contributed by atoms with E-state index in [0.29, 0.717) is 18.3 Å². The van der Waals surface area contributed by atoms with Gasteiger partial charge in [-0.2, -0.15) is 0 Å². The number of hydrogen-bond donors (Lipinski definition) is 4. The number of benzene rings is 2. The summed E-state index contributed by atoms with van der Waals surface area (Å²) in [4.78, 5) is 0. The molecule has 1 aliphatic heterocycles. The van der Waals surface area contributed by atoms with E-state index >= 15 is 0 Å². The first-order chi connectivity index (χ1) is 13.1. The van der Waals surface area contributed by atoms with Crippen molar-refractivity contribution < 1.29 is 14.9 Å². The van der Waals surface area contributed by atoms with Crippen molar-refractivity contribution in [2.75, 3.05) is 19.0 Å². The van der Waals surface area contributed by atoms with Crippen LogP contribution in [-0.4, -0.2) is 36.0 Å². The molecule has 1 fully saturated rings. The maximum atomic E-state index is 10.7. The predicted molar refractivity (Wildman–Crippen MR) is 116 cm³/mol. The Morgan fingerprint density at radius 2 is 2.04 bits per heavy atom. The fourth-order valence-corrected chi connectivity index (χ4v) is 3.80. The van der Waals surface area contributed by atoms with Crippen molar-refractivity contribution >= 4 is 18.1 Å². The molecule has 3 unspecified atom stereocenters. The second kappa shape index (κ2) is 10.6. The lowest BCUT2D eigenvalue weighted by Gasteiger charge is -2.21. The Kier molecular flexibility index (Phi) is 8.42. The lowest BCUT2D eigenvalue weighted by molar-refractivity contribution is 0.135. The summed E-state index contributed by atoms with van der Waals surface area (Å²) in [6.45, 7) is 2.67. The van der Waals surface area contributed by atoms with Gasteiger partial charge in [-0.15, -0.1) is 12.4 Å². The number of anilines is 1. The predicted octanol–water partition coefficient (Wildman–Crippen LogP) is 4.04. The van der Waals surface area contributed by atoms with Crippen LogP contribution in [-0.2, 0) is 6.42 Å². The van der Waals surface area contributed by atoms with E-state index in [4.69, 9.17) is 4.74 Å². The molecule has 0 radical (unpaired) electrons. The van der Waals surface area contributed by atoms with Crippen LogP contribution in [0.2, 0.25) is 0 Å². The van der Waals surface area contributed by atoms with Gasteiger partial charge in [0.15, 0.2) is 0 Å². The molecule has 6 heteroatoms. The minimum Gasteiger partial charge on any atom is -0.506 e. The average Bonchev–Trinajstić information content (AvgIpc) is 3.16. The number of hydrogen-bond acceptors (Lipinski definition) is 5. The Morgan fingerprint density at radius 3 is 2.79 bits per heavy atom. The molecular weight excluding hydrogens is 376 g/mol. The van der Waals surface area contributed by atoms with Crippen molar-refractivity contribution in [2.24, 2.45) is 0 Å². The minimum atomic E-state index is -0.580. The molecule has 0 aromatic heterocycles. The monoisotopic (exact) mass is 406 g/mol. The SMILES string of the molecule is CCOc1cccc(CCC2CCC(C(O)c3ccc(O)c(NC)c3)N2)c1.Cl. The molecule has 0 amide bonds. The van der Waals surface area contributed by atoms with Crippen LogP contribution in [0.25, 0.3) is 0 Å². The van der Waals surface area contributed by atoms with Gasteiger partial charge in [-0.05, 0) is 68.0 Å². The number of ether oxygens (including phenoxy) is 1. The first-order valence-electron chi connectivity index (χ1n) is 9.77. The van der Waals surface area contributed by atoms with Gasteiger partial charge in [-0.25, -0.2) is 0 Å². The lowest BCUT2D eigenvalue weighted by atomic mass is 10.00. The van der Waals surface area contributed by atoms with Crippen LogP contribution in [0.4, 0.5) is 5.69 Å². The Hall–Kier alpha value is -1.95. The molecule has 3 atom stereocenters. The summed E-state index contributed by atoms with van der Waals surface area (Å²) < 4.78 is 5.57. The summed E-state index contributed by atoms with van der Waals surface area (Å²) in [7, 11) is 1.76. The van der Waals surface area contributed by atoms with Crippen LogP contribution in [0.1, 0.15) is 43.4 Å². The summed E-state index contributed by atoms with van der Waals surface area (Å²) >= 11 is 0. The summed E-state index contributed by atoms with van der Waals surface area (Å²) in [5.74, 6) is 1.12. The van der Waals surface area contributed by atoms with Gasteiger partial charge in [-0.1, -0.05) is 18.2 Å². The number of aromatic hydroxyl groups is 1. The maximum Gasteiger partial charge on any atom is 0.138 e. The number of aliphatic hydroxyl groups excluding tert-OH is 1. The molecule has 0 spiro atoms. The quantitative estimate of drug-likeness (QED) is 0.498. The summed E-state index contributed by atoms with van der Waals surface area (Å²) in [5.41, 5.74) is 2.74. The highest BCUT2D eigenvalue weighted by atomic mass is 35.5. The van der Waals surface area contributed by atoms with Crippen LogP contribution in [0, 0.1) is 0 Å². The molecule has 0 bridgehead atoms. The summed E-state index contributed by atoms with van der Waals surface area (Å²) in [6, 6.07) is 14.0. The van der Waals surface area contributed by atoms with Gasteiger partial charge in [0.05, 0.1) is 18.4 Å². The van der Waals surface area contributed by atoms with Crippen LogP contribution in [0.15, 0.2) is 42.5 Å². The van der Waals surface area contributed by atoms with Crippen molar-refractivity contribution in [1.29, 1.82) is 0 Å². The van der Waals surface area contributed by atoms with E-state index in [1.54, 1.807) is 19.2 Å². The molecule has 1 aliphatic rings. The number of aliphatic hydroxyl groups is 1. The topological polar surface area (TPSA) is 73.8 Å². The second-order valence-corrected chi connectivity index (χ2v) is 7.14. The van der Waals surface area contributed by atoms with E-state index < -0.39 is 6.10 Å². The maximum absolute atomic E-state index is 10.7. The molecule has 28 heavy (non-hydrogen) atoms. The normalized spacial score (nSPS) is 19.7. The Balaban J connectivity index is 0.00000280. The largest absolute Gasteiger partial charge is 0.506 e. The standard InChI is InChI=1S/C22H30N2O3.ClH/c1-3-27-18-6-4-5-15(13-18)7-9-17-10-11-19(24-17)22(26)16-8-12-21(25)20(14-16)23-2;/h4-6,8,12-14,17,19,22-26H,3,7,9-11H2,1-2H3;1H. The molecule has 4 N–H and O–H groups in total. The van der Waals surface area contributed by atoms with E-state index in [0.717, 1.165) is 37.0 Å². The minimum absolute atomic E-state index is 0. The molecule has 1 saturated heterocycles. The van der Waals surface area contributed by atoms with Gasteiger partial charge in [0.1, 0.15) is 11.5 Å². The van der Waals surface area contributed by atoms with Crippen LogP contribution in [0.3, 0.4) is 0 Å². The Morgan fingerprint density at radius 1 is 1.21 bits per heavy atom. The molecule has 2 aromatic rings. The van der Waals surface area contributed by atoms with Crippen molar-refractivity contribution in [3.8, 4) is 11.5 Å². The number of phenols is 1. The fourth-order valence-electron chi connectivity index (χ4n) is 3.80. The number of phenolic OH excluding ortho intramolecular Hbond substituents is 1. The number of halogens is 1. The highest BCUT2D eigenvalue weighted by molar-refractivity contribution is 5.85.